The van der Waals surface area contributed by atoms with Gasteiger partial charge in [-0.15, -0.1) is 0 Å². The zero-order chi connectivity index (χ0) is 23.8. The van der Waals surface area contributed by atoms with Gasteiger partial charge in [0.2, 0.25) is 0 Å². The molecule has 2 unspecified atom stereocenters. The maximum absolute atomic E-state index is 12.8. The van der Waals surface area contributed by atoms with Gasteiger partial charge < -0.3 is 20.9 Å². The highest BCUT2D eigenvalue weighted by atomic mass is 32.1. The second-order valence-corrected chi connectivity index (χ2v) is 7.62. The number of nitrogens with one attached hydrogen (secondary N) is 1. The molecule has 0 aromatic heterocycles. The summed E-state index contributed by atoms with van der Waals surface area (Å²) < 4.78 is 36.9. The first-order chi connectivity index (χ1) is 14.4. The van der Waals surface area contributed by atoms with Crippen molar-refractivity contribution < 1.29 is 37.4 Å². The molecular weight excluding hydrogens is 437 g/mol. The van der Waals surface area contributed by atoms with Crippen molar-refractivity contribution in [2.75, 3.05) is 26.0 Å². The Kier molecular flexibility index (Phi) is 9.98. The monoisotopic (exact) mass is 464 g/mol. The second kappa shape index (κ2) is 11.5. The molecule has 1 aliphatic heterocycles. The van der Waals surface area contributed by atoms with Gasteiger partial charge in [-0.25, -0.2) is 4.79 Å². The molecule has 2 rings (SSSR count). The first kappa shape index (κ1) is 26.9. The van der Waals surface area contributed by atoms with Gasteiger partial charge in [0, 0.05) is 18.2 Å². The number of rotatable bonds is 6. The van der Waals surface area contributed by atoms with E-state index in [0.717, 1.165) is 11.1 Å². The number of ether oxygens (including phenoxy) is 1. The minimum Gasteiger partial charge on any atom is -0.475 e. The molecule has 1 fully saturated rings. The number of halogens is 3. The Labute approximate surface area is 183 Å². The van der Waals surface area contributed by atoms with Crippen LogP contribution < -0.4 is 11.1 Å². The van der Waals surface area contributed by atoms with Gasteiger partial charge in [-0.2, -0.15) is 25.8 Å². The predicted molar refractivity (Wildman–Crippen MR) is 111 cm³/mol. The number of alkyl halides is 3. The fourth-order valence-corrected chi connectivity index (χ4v) is 3.71. The molecule has 0 saturated carbocycles. The lowest BCUT2D eigenvalue weighted by atomic mass is 9.64. The van der Waals surface area contributed by atoms with Gasteiger partial charge >= 0.3 is 18.1 Å². The summed E-state index contributed by atoms with van der Waals surface area (Å²) in [6.07, 6.45) is -4.06. The van der Waals surface area contributed by atoms with Crippen molar-refractivity contribution in [3.05, 3.63) is 35.4 Å². The summed E-state index contributed by atoms with van der Waals surface area (Å²) in [5.41, 5.74) is 7.20. The number of carbonyl (C=O) groups excluding carboxylic acids is 2. The van der Waals surface area contributed by atoms with Crippen LogP contribution in [-0.2, 0) is 25.5 Å². The van der Waals surface area contributed by atoms with Crippen LogP contribution in [0.3, 0.4) is 0 Å². The van der Waals surface area contributed by atoms with Crippen LogP contribution in [0.2, 0.25) is 0 Å². The van der Waals surface area contributed by atoms with Crippen LogP contribution in [0.1, 0.15) is 17.5 Å². The van der Waals surface area contributed by atoms with E-state index in [0.29, 0.717) is 25.9 Å². The Morgan fingerprint density at radius 1 is 1.35 bits per heavy atom. The van der Waals surface area contributed by atoms with Gasteiger partial charge in [-0.05, 0) is 37.4 Å². The third-order valence-corrected chi connectivity index (χ3v) is 5.66. The van der Waals surface area contributed by atoms with Crippen LogP contribution in [0.4, 0.5) is 13.2 Å². The van der Waals surface area contributed by atoms with E-state index in [1.54, 1.807) is 0 Å². The van der Waals surface area contributed by atoms with Crippen molar-refractivity contribution >= 4 is 30.4 Å². The maximum atomic E-state index is 12.8. The average molecular weight is 465 g/mol. The van der Waals surface area contributed by atoms with Gasteiger partial charge in [0.15, 0.2) is 5.78 Å². The number of hydrogen-bond acceptors (Lipinski definition) is 7. The summed E-state index contributed by atoms with van der Waals surface area (Å²) in [4.78, 5) is 34.5. The molecule has 174 valence electrons. The number of ketones is 1. The standard InChI is InChI=1S/C18H26N2O3S.C2HF3O2/c1-12-5-3-4-6-13(12)9-18(17(22)23-2)7-8-20-10-14(18)16(21)15(19)11-24;3-2(4,5)1(6)7/h3-6,14-15,20,24H,7-11,19H2,1-2H3;(H,6,7)/t14?,15-,18?;/m0./s1. The Morgan fingerprint density at radius 2 is 1.94 bits per heavy atom. The second-order valence-electron chi connectivity index (χ2n) is 7.25. The number of carbonyl (C=O) groups is 3. The molecule has 1 aromatic carbocycles. The van der Waals surface area contributed by atoms with E-state index in [1.165, 1.54) is 7.11 Å². The number of benzene rings is 1. The van der Waals surface area contributed by atoms with E-state index >= 15 is 0 Å². The topological polar surface area (TPSA) is 119 Å². The SMILES string of the molecule is COC(=O)C1(Cc2ccccc2C)CCNCC1C(=O)[C@@H](N)CS.O=C(O)C(F)(F)F. The molecule has 1 saturated heterocycles. The van der Waals surface area contributed by atoms with E-state index in [9.17, 15) is 22.8 Å². The van der Waals surface area contributed by atoms with E-state index in [4.69, 9.17) is 20.4 Å². The van der Waals surface area contributed by atoms with E-state index in [-0.39, 0.29) is 17.5 Å². The Balaban J connectivity index is 0.000000592. The summed E-state index contributed by atoms with van der Waals surface area (Å²) in [6, 6.07) is 7.25. The highest BCUT2D eigenvalue weighted by molar-refractivity contribution is 7.80. The van der Waals surface area contributed by atoms with Crippen LogP contribution in [0.25, 0.3) is 0 Å². The molecule has 0 amide bonds. The number of methoxy groups -OCH3 is 1. The number of carboxylic acid groups (broad SMARTS) is 1. The molecule has 31 heavy (non-hydrogen) atoms. The number of carboxylic acids is 1. The summed E-state index contributed by atoms with van der Waals surface area (Å²) >= 11 is 4.14. The number of piperidine rings is 1. The third-order valence-electron chi connectivity index (χ3n) is 5.27. The quantitative estimate of drug-likeness (QED) is 0.374. The number of hydrogen-bond donors (Lipinski definition) is 4. The van der Waals surface area contributed by atoms with Crippen LogP contribution >= 0.6 is 12.6 Å². The fraction of sp³-hybridized carbons (Fsp3) is 0.550. The molecule has 4 N–H and O–H groups in total. The van der Waals surface area contributed by atoms with Crippen LogP contribution in [0.15, 0.2) is 24.3 Å². The number of thiol groups is 1. The normalized spacial score (nSPS) is 22.0. The van der Waals surface area contributed by atoms with Crippen LogP contribution in [0, 0.1) is 18.3 Å². The molecule has 0 bridgehead atoms. The van der Waals surface area contributed by atoms with Gasteiger partial charge in [-0.3, -0.25) is 9.59 Å². The van der Waals surface area contributed by atoms with Crippen molar-refractivity contribution in [2.24, 2.45) is 17.1 Å². The van der Waals surface area contributed by atoms with E-state index in [1.807, 2.05) is 31.2 Å². The van der Waals surface area contributed by atoms with Crippen LogP contribution in [-0.4, -0.2) is 61.0 Å². The van der Waals surface area contributed by atoms with Crippen molar-refractivity contribution in [2.45, 2.75) is 32.0 Å². The van der Waals surface area contributed by atoms with Gasteiger partial charge in [0.05, 0.1) is 18.6 Å². The maximum Gasteiger partial charge on any atom is 0.490 e. The Morgan fingerprint density at radius 3 is 2.42 bits per heavy atom. The largest absolute Gasteiger partial charge is 0.490 e. The Hall–Kier alpha value is -2.11. The van der Waals surface area contributed by atoms with Gasteiger partial charge in [0.25, 0.3) is 0 Å². The van der Waals surface area contributed by atoms with E-state index < -0.39 is 29.5 Å². The minimum atomic E-state index is -5.08. The lowest BCUT2D eigenvalue weighted by molar-refractivity contribution is -0.192. The van der Waals surface area contributed by atoms with Crippen molar-refractivity contribution in [1.29, 1.82) is 0 Å². The first-order valence-electron chi connectivity index (χ1n) is 9.44. The summed E-state index contributed by atoms with van der Waals surface area (Å²) in [5.74, 6) is -3.47. The zero-order valence-electron chi connectivity index (χ0n) is 17.2. The summed E-state index contributed by atoms with van der Waals surface area (Å²) in [7, 11) is 1.38. The molecule has 1 aromatic rings. The predicted octanol–water partition coefficient (Wildman–Crippen LogP) is 1.77. The fourth-order valence-electron chi connectivity index (χ4n) is 3.53. The van der Waals surface area contributed by atoms with Crippen molar-refractivity contribution in [1.82, 2.24) is 5.32 Å². The smallest absolute Gasteiger partial charge is 0.475 e. The Bertz CT molecular complexity index is 790. The molecule has 3 atom stereocenters. The highest BCUT2D eigenvalue weighted by Crippen LogP contribution is 2.40. The first-order valence-corrected chi connectivity index (χ1v) is 10.1. The third kappa shape index (κ3) is 6.94. The lowest BCUT2D eigenvalue weighted by Crippen LogP contribution is -2.57. The molecule has 7 nitrogen and oxygen atoms in total. The van der Waals surface area contributed by atoms with Crippen LogP contribution in [0.5, 0.6) is 0 Å². The zero-order valence-corrected chi connectivity index (χ0v) is 18.1. The summed E-state index contributed by atoms with van der Waals surface area (Å²) in [5, 5.41) is 10.3. The van der Waals surface area contributed by atoms with E-state index in [2.05, 4.69) is 17.9 Å². The highest BCUT2D eigenvalue weighted by Gasteiger charge is 2.52. The molecule has 0 radical (unpaired) electrons. The molecule has 1 heterocycles. The number of esters is 1. The number of aryl methyl sites for hydroxylation is 1. The number of nitrogens with two attached hydrogens (primary N) is 1. The molecular formula is C20H27F3N2O5S. The average Bonchev–Trinajstić information content (AvgIpc) is 2.73. The molecule has 0 aliphatic carbocycles. The van der Waals surface area contributed by atoms with Crippen molar-refractivity contribution in [3.63, 3.8) is 0 Å². The lowest BCUT2D eigenvalue weighted by Gasteiger charge is -2.42. The molecule has 11 heteroatoms. The summed E-state index contributed by atoms with van der Waals surface area (Å²) in [6.45, 7) is 3.11. The number of aliphatic carboxylic acids is 1. The van der Waals surface area contributed by atoms with Gasteiger partial charge in [0.1, 0.15) is 0 Å². The van der Waals surface area contributed by atoms with Gasteiger partial charge in [-0.1, -0.05) is 24.3 Å². The number of Topliss-reactive ketones (excluding diaryl/α,β-unsaturated/α-hetero) is 1. The minimum absolute atomic E-state index is 0.129. The molecule has 0 spiro atoms. The molecule has 1 aliphatic rings. The van der Waals surface area contributed by atoms with Crippen molar-refractivity contribution in [3.8, 4) is 0 Å².